The van der Waals surface area contributed by atoms with E-state index in [0.29, 0.717) is 29.4 Å². The summed E-state index contributed by atoms with van der Waals surface area (Å²) in [6, 6.07) is 12.4. The first-order valence-electron chi connectivity index (χ1n) is 9.50. The minimum absolute atomic E-state index is 0.0459. The van der Waals surface area contributed by atoms with Crippen LogP contribution in [0.3, 0.4) is 0 Å². The molecule has 32 heavy (non-hydrogen) atoms. The van der Waals surface area contributed by atoms with Crippen molar-refractivity contribution in [3.05, 3.63) is 75.8 Å². The second kappa shape index (κ2) is 9.59. The Hall–Kier alpha value is -2.44. The van der Waals surface area contributed by atoms with E-state index in [1.165, 1.54) is 12.1 Å². The van der Waals surface area contributed by atoms with Gasteiger partial charge in [-0.25, -0.2) is 18.6 Å². The van der Waals surface area contributed by atoms with E-state index in [-0.39, 0.29) is 15.2 Å². The Morgan fingerprint density at radius 2 is 1.84 bits per heavy atom. The maximum Gasteiger partial charge on any atom is 0.238 e. The quantitative estimate of drug-likeness (QED) is 0.244. The largest absolute Gasteiger partial charge is 0.540 e. The molecule has 0 aliphatic carbocycles. The second-order valence-electron chi connectivity index (χ2n) is 7.34. The van der Waals surface area contributed by atoms with E-state index in [0.717, 1.165) is 17.5 Å². The van der Waals surface area contributed by atoms with E-state index in [2.05, 4.69) is 4.58 Å². The van der Waals surface area contributed by atoms with Crippen LogP contribution in [0.2, 0.25) is 5.02 Å². The minimum Gasteiger partial charge on any atom is -0.540 e. The van der Waals surface area contributed by atoms with Gasteiger partial charge in [-0.3, -0.25) is 0 Å². The number of rotatable bonds is 9. The van der Waals surface area contributed by atoms with Gasteiger partial charge >= 0.3 is 0 Å². The van der Waals surface area contributed by atoms with Crippen molar-refractivity contribution in [2.75, 3.05) is 24.4 Å². The third-order valence-corrected chi connectivity index (χ3v) is 7.06. The molecule has 0 fully saturated rings. The van der Waals surface area contributed by atoms with Crippen molar-refractivity contribution in [3.63, 3.8) is 0 Å². The molecule has 170 valence electrons. The number of hydrogen-bond donors (Lipinski definition) is 1. The predicted molar refractivity (Wildman–Crippen MR) is 121 cm³/mol. The summed E-state index contributed by atoms with van der Waals surface area (Å²) in [4.78, 5) is 22.5. The Morgan fingerprint density at radius 1 is 1.22 bits per heavy atom. The second-order valence-corrected chi connectivity index (χ2v) is 10.2. The van der Waals surface area contributed by atoms with Crippen LogP contribution in [0.25, 0.3) is 0 Å². The van der Waals surface area contributed by atoms with Crippen molar-refractivity contribution in [2.45, 2.75) is 17.4 Å². The highest BCUT2D eigenvalue weighted by atomic mass is 35.5. The number of benzene rings is 2. The average Bonchev–Trinajstić information content (AvgIpc) is 3.05. The molecule has 2 unspecified atom stereocenters. The van der Waals surface area contributed by atoms with Crippen molar-refractivity contribution in [1.29, 1.82) is 0 Å². The molecule has 3 rings (SSSR count). The number of carbonyl (C=O) groups excluding carboxylic acids is 1. The number of halogens is 1. The average molecular weight is 497 g/mol. The van der Waals surface area contributed by atoms with Crippen molar-refractivity contribution in [3.8, 4) is 0 Å². The van der Waals surface area contributed by atoms with Crippen LogP contribution in [0.4, 0.5) is 5.69 Å². The molecule has 9 nitrogen and oxygen atoms in total. The highest BCUT2D eigenvalue weighted by Gasteiger charge is 2.47. The summed E-state index contributed by atoms with van der Waals surface area (Å²) in [5, 5.41) is 19.7. The lowest BCUT2D eigenvalue weighted by molar-refractivity contribution is -0.875. The molecule has 1 heterocycles. The highest BCUT2D eigenvalue weighted by molar-refractivity contribution is 7.97. The first-order chi connectivity index (χ1) is 15.1. The maximum absolute atomic E-state index is 12.1. The van der Waals surface area contributed by atoms with Crippen LogP contribution in [0.15, 0.2) is 69.8 Å². The summed E-state index contributed by atoms with van der Waals surface area (Å²) in [5.74, 6) is -0.905. The number of nitroso groups, excluding NO2 is 1. The summed E-state index contributed by atoms with van der Waals surface area (Å²) < 4.78 is 26.0. The van der Waals surface area contributed by atoms with Crippen LogP contribution in [0.5, 0.6) is 0 Å². The number of nitrogens with two attached hydrogens (primary N) is 1. The molecule has 1 aliphatic heterocycles. The predicted octanol–water partition coefficient (Wildman–Crippen LogP) is 2.35. The first-order valence-corrected chi connectivity index (χ1v) is 12.4. The van der Waals surface area contributed by atoms with Gasteiger partial charge in [0.05, 0.1) is 17.6 Å². The van der Waals surface area contributed by atoms with Crippen LogP contribution in [-0.4, -0.2) is 38.3 Å². The van der Waals surface area contributed by atoms with Crippen LogP contribution < -0.4 is 15.3 Å². The highest BCUT2D eigenvalue weighted by Crippen LogP contribution is 2.43. The molecule has 0 amide bonds. The number of carboxylic acid groups (broad SMARTS) is 1. The van der Waals surface area contributed by atoms with Crippen LogP contribution in [-0.2, 0) is 14.8 Å². The minimum atomic E-state index is -3.89. The summed E-state index contributed by atoms with van der Waals surface area (Å²) in [6.45, 7) is 0.337. The van der Waals surface area contributed by atoms with Gasteiger partial charge in [0, 0.05) is 39.8 Å². The fourth-order valence-corrected chi connectivity index (χ4v) is 4.81. The van der Waals surface area contributed by atoms with Crippen molar-refractivity contribution < 1.29 is 22.9 Å². The van der Waals surface area contributed by atoms with E-state index in [1.807, 2.05) is 5.01 Å². The molecule has 0 bridgehead atoms. The summed E-state index contributed by atoms with van der Waals surface area (Å²) in [6.07, 6.45) is 2.11. The molecule has 2 atom stereocenters. The van der Waals surface area contributed by atoms with Gasteiger partial charge < -0.3 is 9.90 Å². The summed E-state index contributed by atoms with van der Waals surface area (Å²) >= 11 is 6.89. The Balaban J connectivity index is 2.11. The Labute approximate surface area is 195 Å². The Bertz CT molecular complexity index is 1140. The van der Waals surface area contributed by atoms with Crippen LogP contribution in [0, 0.1) is 4.91 Å². The number of likely N-dealkylation sites (N-methyl/N-ethyl adjacent to an activating group) is 1. The number of carboxylic acids is 1. The first kappa shape index (κ1) is 24.2. The van der Waals surface area contributed by atoms with Gasteiger partial charge in [-0.05, 0) is 42.0 Å². The zero-order chi connectivity index (χ0) is 23.5. The fourth-order valence-electron chi connectivity index (χ4n) is 3.84. The molecule has 2 aromatic rings. The third-order valence-electron chi connectivity index (χ3n) is 5.31. The molecule has 0 saturated carbocycles. The van der Waals surface area contributed by atoms with E-state index in [9.17, 15) is 23.2 Å². The lowest BCUT2D eigenvalue weighted by atomic mass is 10.1. The zero-order valence-electron chi connectivity index (χ0n) is 17.0. The van der Waals surface area contributed by atoms with Crippen molar-refractivity contribution in [2.24, 2.45) is 9.72 Å². The maximum atomic E-state index is 12.1. The normalized spacial score (nSPS) is 20.8. The van der Waals surface area contributed by atoms with E-state index < -0.39 is 22.0 Å². The SMILES string of the molecule is C[N+]1(CCCSN=O)C(C(=O)[O-])=CC(c2ccc(Cl)cc2)N1c1ccc(S(N)(=O)=O)cc1. The van der Waals surface area contributed by atoms with Gasteiger partial charge in [0.25, 0.3) is 0 Å². The molecule has 0 aromatic heterocycles. The van der Waals surface area contributed by atoms with E-state index in [1.54, 1.807) is 49.5 Å². The van der Waals surface area contributed by atoms with Gasteiger partial charge in [-0.1, -0.05) is 23.7 Å². The lowest BCUT2D eigenvalue weighted by Gasteiger charge is -2.43. The molecule has 2 aromatic carbocycles. The van der Waals surface area contributed by atoms with E-state index in [4.69, 9.17) is 16.7 Å². The third kappa shape index (κ3) is 4.97. The van der Waals surface area contributed by atoms with Gasteiger partial charge in [0.1, 0.15) is 18.6 Å². The Morgan fingerprint density at radius 3 is 2.38 bits per heavy atom. The molecule has 0 spiro atoms. The number of nitrogens with zero attached hydrogens (tertiary/aromatic N) is 3. The van der Waals surface area contributed by atoms with Gasteiger partial charge in [-0.2, -0.15) is 4.59 Å². The van der Waals surface area contributed by atoms with Gasteiger partial charge in [0.15, 0.2) is 5.70 Å². The number of hydrogen-bond acceptors (Lipinski definition) is 8. The van der Waals surface area contributed by atoms with Crippen LogP contribution in [0.1, 0.15) is 18.0 Å². The molecular weight excluding hydrogens is 476 g/mol. The molecule has 0 radical (unpaired) electrons. The van der Waals surface area contributed by atoms with Gasteiger partial charge in [0.2, 0.25) is 10.0 Å². The molecule has 2 N–H and O–H groups in total. The summed E-state index contributed by atoms with van der Waals surface area (Å²) in [7, 11) is -2.16. The summed E-state index contributed by atoms with van der Waals surface area (Å²) in [5.41, 5.74) is 1.41. The van der Waals surface area contributed by atoms with E-state index >= 15 is 0 Å². The molecule has 12 heteroatoms. The standard InChI is InChI=1S/C20H21ClN4O5S2/c1-25(11-2-12-31-23-28)19(20(26)27)13-18(14-3-5-15(21)6-4-14)24(25)16-7-9-17(10-8-16)32(22,29)30/h3-10,13,18H,2,11-12H2,1H3,(H2-,22,26,27,29,30). The lowest BCUT2D eigenvalue weighted by Crippen LogP contribution is -2.57. The molecular formula is C20H21ClN4O5S2. The number of aliphatic carboxylic acids is 1. The fraction of sp³-hybridized carbons (Fsp3) is 0.250. The van der Waals surface area contributed by atoms with Crippen molar-refractivity contribution >= 4 is 45.2 Å². The number of primary sulfonamides is 1. The zero-order valence-corrected chi connectivity index (χ0v) is 19.4. The van der Waals surface area contributed by atoms with Gasteiger partial charge in [-0.15, -0.1) is 4.91 Å². The number of anilines is 1. The topological polar surface area (TPSA) is 133 Å². The molecule has 0 saturated heterocycles. The number of carbonyl (C=O) groups is 1. The Kier molecular flexibility index (Phi) is 7.25. The molecule has 1 aliphatic rings. The van der Waals surface area contributed by atoms with Crippen LogP contribution >= 0.6 is 23.5 Å². The number of quaternary nitrogens is 1. The van der Waals surface area contributed by atoms with Crippen molar-refractivity contribution in [1.82, 2.24) is 0 Å². The smallest absolute Gasteiger partial charge is 0.238 e. The monoisotopic (exact) mass is 496 g/mol. The number of sulfonamides is 1.